The lowest BCUT2D eigenvalue weighted by Gasteiger charge is -2.16. The number of anilines is 2. The van der Waals surface area contributed by atoms with Crippen molar-refractivity contribution in [3.05, 3.63) is 64.3 Å². The number of pyridine rings is 1. The Morgan fingerprint density at radius 3 is 2.56 bits per heavy atom. The number of aromatic nitrogens is 1. The molecule has 0 spiro atoms. The van der Waals surface area contributed by atoms with Crippen molar-refractivity contribution < 1.29 is 4.79 Å². The number of ketones is 1. The molecule has 1 aromatic heterocycles. The fourth-order valence-electron chi connectivity index (χ4n) is 3.06. The lowest BCUT2D eigenvalue weighted by atomic mass is 10.0. The molecule has 27 heavy (non-hydrogen) atoms. The largest absolute Gasteiger partial charge is 0.355 e. The summed E-state index contributed by atoms with van der Waals surface area (Å²) < 4.78 is 1.00. The maximum absolute atomic E-state index is 11.5. The van der Waals surface area contributed by atoms with Gasteiger partial charge in [0.15, 0.2) is 0 Å². The van der Waals surface area contributed by atoms with Gasteiger partial charge in [-0.1, -0.05) is 28.1 Å². The summed E-state index contributed by atoms with van der Waals surface area (Å²) in [5.74, 6) is 0.184. The van der Waals surface area contributed by atoms with E-state index in [-0.39, 0.29) is 5.78 Å². The Balaban J connectivity index is 1.98. The topological polar surface area (TPSA) is 45.2 Å². The first kappa shape index (κ1) is 19.5. The van der Waals surface area contributed by atoms with Gasteiger partial charge >= 0.3 is 0 Å². The molecule has 2 aromatic carbocycles. The third kappa shape index (κ3) is 5.15. The second-order valence-corrected chi connectivity index (χ2v) is 8.00. The minimum absolute atomic E-state index is 0.184. The van der Waals surface area contributed by atoms with Crippen LogP contribution in [0.25, 0.3) is 10.9 Å². The number of nitrogens with zero attached hydrogens (tertiary/aromatic N) is 2. The molecule has 0 aliphatic rings. The van der Waals surface area contributed by atoms with Gasteiger partial charge < -0.3 is 15.0 Å². The first-order valence-corrected chi connectivity index (χ1v) is 9.79. The highest BCUT2D eigenvalue weighted by atomic mass is 79.9. The van der Waals surface area contributed by atoms with E-state index in [1.807, 2.05) is 18.3 Å². The Bertz CT molecular complexity index is 952. The lowest BCUT2D eigenvalue weighted by molar-refractivity contribution is -0.116. The summed E-state index contributed by atoms with van der Waals surface area (Å²) in [5.41, 5.74) is 5.28. The highest BCUT2D eigenvalue weighted by molar-refractivity contribution is 9.10. The van der Waals surface area contributed by atoms with Gasteiger partial charge in [-0.15, -0.1) is 0 Å². The molecule has 0 fully saturated rings. The summed E-state index contributed by atoms with van der Waals surface area (Å²) >= 11 is 3.56. The monoisotopic (exact) mass is 425 g/mol. The van der Waals surface area contributed by atoms with Crippen LogP contribution >= 0.6 is 15.9 Å². The van der Waals surface area contributed by atoms with Crippen molar-refractivity contribution in [3.63, 3.8) is 0 Å². The molecular weight excluding hydrogens is 402 g/mol. The van der Waals surface area contributed by atoms with E-state index in [1.165, 1.54) is 5.56 Å². The quantitative estimate of drug-likeness (QED) is 0.555. The molecule has 0 radical (unpaired) electrons. The minimum atomic E-state index is 0.184. The SMILES string of the molecule is CC(=O)CCc1cnc2ccc(Br)cc2c1Nc1ccc(CN(C)C)cc1. The third-order valence-corrected chi connectivity index (χ3v) is 4.87. The molecular formula is C22H24BrN3O. The normalized spacial score (nSPS) is 11.1. The van der Waals surface area contributed by atoms with E-state index >= 15 is 0 Å². The molecule has 4 nitrogen and oxygen atoms in total. The molecule has 0 unspecified atom stereocenters. The number of aryl methyl sites for hydroxylation is 1. The zero-order valence-electron chi connectivity index (χ0n) is 15.9. The Kier molecular flexibility index (Phi) is 6.24. The van der Waals surface area contributed by atoms with Crippen molar-refractivity contribution in [1.82, 2.24) is 9.88 Å². The third-order valence-electron chi connectivity index (χ3n) is 4.38. The van der Waals surface area contributed by atoms with Crippen LogP contribution in [0.2, 0.25) is 0 Å². The zero-order chi connectivity index (χ0) is 19.4. The lowest BCUT2D eigenvalue weighted by Crippen LogP contribution is -2.10. The maximum Gasteiger partial charge on any atom is 0.130 e. The van der Waals surface area contributed by atoms with Gasteiger partial charge in [0, 0.05) is 34.7 Å². The van der Waals surface area contributed by atoms with Crippen LogP contribution in [0, 0.1) is 0 Å². The standard InChI is InChI=1S/C22H24BrN3O/c1-15(27)4-7-17-13-24-21-11-8-18(23)12-20(21)22(17)25-19-9-5-16(6-10-19)14-26(2)3/h5-6,8-13H,4,7,14H2,1-3H3,(H,24,25). The van der Waals surface area contributed by atoms with Crippen LogP contribution in [0.1, 0.15) is 24.5 Å². The van der Waals surface area contributed by atoms with Crippen molar-refractivity contribution in [3.8, 4) is 0 Å². The Morgan fingerprint density at radius 2 is 1.89 bits per heavy atom. The summed E-state index contributed by atoms with van der Waals surface area (Å²) in [6.07, 6.45) is 3.06. The van der Waals surface area contributed by atoms with Crippen molar-refractivity contribution in [2.75, 3.05) is 19.4 Å². The summed E-state index contributed by atoms with van der Waals surface area (Å²) in [6, 6.07) is 14.5. The van der Waals surface area contributed by atoms with Crippen molar-refractivity contribution in [2.45, 2.75) is 26.3 Å². The molecule has 0 amide bonds. The van der Waals surface area contributed by atoms with E-state index < -0.39 is 0 Å². The van der Waals surface area contributed by atoms with Crippen LogP contribution in [0.3, 0.4) is 0 Å². The van der Waals surface area contributed by atoms with Gasteiger partial charge in [-0.05, 0) is 68.9 Å². The Hall–Kier alpha value is -2.24. The number of halogens is 1. The van der Waals surface area contributed by atoms with Gasteiger partial charge in [0.05, 0.1) is 11.2 Å². The first-order chi connectivity index (χ1) is 12.9. The van der Waals surface area contributed by atoms with Crippen molar-refractivity contribution in [2.24, 2.45) is 0 Å². The van der Waals surface area contributed by atoms with Gasteiger partial charge in [-0.25, -0.2) is 0 Å². The first-order valence-electron chi connectivity index (χ1n) is 8.99. The zero-order valence-corrected chi connectivity index (χ0v) is 17.5. The molecule has 0 saturated heterocycles. The van der Waals surface area contributed by atoms with E-state index in [0.717, 1.165) is 38.9 Å². The fourth-order valence-corrected chi connectivity index (χ4v) is 3.42. The number of hydrogen-bond donors (Lipinski definition) is 1. The smallest absolute Gasteiger partial charge is 0.130 e. The summed E-state index contributed by atoms with van der Waals surface area (Å²) in [6.45, 7) is 2.54. The number of carbonyl (C=O) groups is 1. The summed E-state index contributed by atoms with van der Waals surface area (Å²) in [7, 11) is 4.13. The van der Waals surface area contributed by atoms with E-state index in [1.54, 1.807) is 6.92 Å². The van der Waals surface area contributed by atoms with Crippen LogP contribution in [-0.4, -0.2) is 29.8 Å². The van der Waals surface area contributed by atoms with Crippen molar-refractivity contribution in [1.29, 1.82) is 0 Å². The molecule has 1 heterocycles. The van der Waals surface area contributed by atoms with Gasteiger partial charge in [0.25, 0.3) is 0 Å². The average Bonchev–Trinajstić information content (AvgIpc) is 2.62. The molecule has 3 rings (SSSR count). The number of nitrogens with one attached hydrogen (secondary N) is 1. The Labute approximate surface area is 168 Å². The van der Waals surface area contributed by atoms with Gasteiger partial charge in [-0.3, -0.25) is 4.98 Å². The number of fused-ring (bicyclic) bond motifs is 1. The van der Waals surface area contributed by atoms with E-state index in [2.05, 4.69) is 75.6 Å². The maximum atomic E-state index is 11.5. The van der Waals surface area contributed by atoms with E-state index in [4.69, 9.17) is 0 Å². The molecule has 0 aliphatic carbocycles. The number of hydrogen-bond acceptors (Lipinski definition) is 4. The molecule has 3 aromatic rings. The Morgan fingerprint density at radius 1 is 1.15 bits per heavy atom. The minimum Gasteiger partial charge on any atom is -0.355 e. The van der Waals surface area contributed by atoms with Gasteiger partial charge in [0.1, 0.15) is 5.78 Å². The predicted octanol–water partition coefficient (Wildman–Crippen LogP) is 5.32. The average molecular weight is 426 g/mol. The predicted molar refractivity (Wildman–Crippen MR) is 116 cm³/mol. The summed E-state index contributed by atoms with van der Waals surface area (Å²) in [4.78, 5) is 18.2. The van der Waals surface area contributed by atoms with Crippen LogP contribution < -0.4 is 5.32 Å². The molecule has 1 N–H and O–H groups in total. The second kappa shape index (κ2) is 8.63. The molecule has 0 atom stereocenters. The molecule has 140 valence electrons. The second-order valence-electron chi connectivity index (χ2n) is 7.08. The summed E-state index contributed by atoms with van der Waals surface area (Å²) in [5, 5.41) is 4.61. The molecule has 5 heteroatoms. The number of Topliss-reactive ketones (excluding diaryl/α,β-unsaturated/α-hetero) is 1. The van der Waals surface area contributed by atoms with Gasteiger partial charge in [-0.2, -0.15) is 0 Å². The van der Waals surface area contributed by atoms with Crippen LogP contribution in [-0.2, 0) is 17.8 Å². The van der Waals surface area contributed by atoms with Crippen molar-refractivity contribution >= 4 is 44.0 Å². The molecule has 0 bridgehead atoms. The molecule has 0 saturated carbocycles. The number of rotatable bonds is 7. The van der Waals surface area contributed by atoms with Gasteiger partial charge in [0.2, 0.25) is 0 Å². The number of benzene rings is 2. The van der Waals surface area contributed by atoms with E-state index in [0.29, 0.717) is 12.8 Å². The van der Waals surface area contributed by atoms with E-state index in [9.17, 15) is 4.79 Å². The highest BCUT2D eigenvalue weighted by Crippen LogP contribution is 2.32. The number of carbonyl (C=O) groups excluding carboxylic acids is 1. The van der Waals surface area contributed by atoms with Crippen LogP contribution in [0.4, 0.5) is 11.4 Å². The van der Waals surface area contributed by atoms with Crippen LogP contribution in [0.5, 0.6) is 0 Å². The highest BCUT2D eigenvalue weighted by Gasteiger charge is 2.11. The fraction of sp³-hybridized carbons (Fsp3) is 0.273. The van der Waals surface area contributed by atoms with Crippen LogP contribution in [0.15, 0.2) is 53.1 Å². The molecule has 0 aliphatic heterocycles.